The van der Waals surface area contributed by atoms with Crippen LogP contribution in [0, 0.1) is 5.82 Å². The molecule has 1 aromatic carbocycles. The number of halogens is 1. The summed E-state index contributed by atoms with van der Waals surface area (Å²) in [6.45, 7) is 5.83. The van der Waals surface area contributed by atoms with Gasteiger partial charge in [-0.15, -0.1) is 0 Å². The predicted molar refractivity (Wildman–Crippen MR) is 87.7 cm³/mol. The number of ether oxygens (including phenoxy) is 2. The Morgan fingerprint density at radius 1 is 1.38 bits per heavy atom. The summed E-state index contributed by atoms with van der Waals surface area (Å²) in [4.78, 5) is 13.8. The standard InChI is InChI=1S/C16H23BFNO5/c1-16(2,3)24-15(20)19(12-5-6-12)8-9-23-14-7-4-11(17(21)22)10-13(14)18/h4,7,10,12,21-22H,5-6,8-9H2,1-3H3. The smallest absolute Gasteiger partial charge is 0.488 e. The second kappa shape index (κ2) is 7.40. The second-order valence-corrected chi connectivity index (χ2v) is 6.82. The van der Waals surface area contributed by atoms with Crippen LogP contribution < -0.4 is 10.2 Å². The number of benzene rings is 1. The van der Waals surface area contributed by atoms with E-state index in [0.717, 1.165) is 18.9 Å². The van der Waals surface area contributed by atoms with Crippen molar-refractivity contribution in [2.75, 3.05) is 13.2 Å². The molecule has 0 spiro atoms. The average Bonchev–Trinajstić information content (AvgIpc) is 3.27. The van der Waals surface area contributed by atoms with Crippen LogP contribution in [0.4, 0.5) is 9.18 Å². The molecule has 8 heteroatoms. The Hall–Kier alpha value is -1.80. The van der Waals surface area contributed by atoms with Gasteiger partial charge in [0.15, 0.2) is 11.6 Å². The van der Waals surface area contributed by atoms with E-state index < -0.39 is 24.6 Å². The van der Waals surface area contributed by atoms with Crippen LogP contribution in [0.1, 0.15) is 33.6 Å². The molecule has 132 valence electrons. The highest BCUT2D eigenvalue weighted by molar-refractivity contribution is 6.58. The number of amides is 1. The summed E-state index contributed by atoms with van der Waals surface area (Å²) < 4.78 is 24.6. The fourth-order valence-corrected chi connectivity index (χ4v) is 2.18. The lowest BCUT2D eigenvalue weighted by molar-refractivity contribution is 0.0208. The van der Waals surface area contributed by atoms with Crippen molar-refractivity contribution in [2.45, 2.75) is 45.3 Å². The van der Waals surface area contributed by atoms with Crippen LogP contribution >= 0.6 is 0 Å². The lowest BCUT2D eigenvalue weighted by atomic mass is 9.80. The fourth-order valence-electron chi connectivity index (χ4n) is 2.18. The molecule has 1 fully saturated rings. The van der Waals surface area contributed by atoms with Crippen molar-refractivity contribution < 1.29 is 28.7 Å². The second-order valence-electron chi connectivity index (χ2n) is 6.82. The van der Waals surface area contributed by atoms with E-state index in [-0.39, 0.29) is 23.9 Å². The van der Waals surface area contributed by atoms with Gasteiger partial charge in [-0.1, -0.05) is 6.07 Å². The van der Waals surface area contributed by atoms with Crippen molar-refractivity contribution in [3.8, 4) is 5.75 Å². The van der Waals surface area contributed by atoms with Crippen LogP contribution in [0.5, 0.6) is 5.75 Å². The Labute approximate surface area is 141 Å². The van der Waals surface area contributed by atoms with Gasteiger partial charge in [-0.3, -0.25) is 0 Å². The molecule has 0 aliphatic heterocycles. The fraction of sp³-hybridized carbons (Fsp3) is 0.562. The first kappa shape index (κ1) is 18.5. The maximum Gasteiger partial charge on any atom is 0.488 e. The van der Waals surface area contributed by atoms with Crippen molar-refractivity contribution >= 4 is 18.7 Å². The van der Waals surface area contributed by atoms with Gasteiger partial charge in [0.25, 0.3) is 0 Å². The van der Waals surface area contributed by atoms with E-state index in [0.29, 0.717) is 6.54 Å². The maximum absolute atomic E-state index is 13.8. The number of rotatable bonds is 6. The average molecular weight is 339 g/mol. The van der Waals surface area contributed by atoms with E-state index >= 15 is 0 Å². The molecule has 0 unspecified atom stereocenters. The van der Waals surface area contributed by atoms with E-state index in [1.807, 2.05) is 0 Å². The Kier molecular flexibility index (Phi) is 5.72. The summed E-state index contributed by atoms with van der Waals surface area (Å²) in [7, 11) is -1.73. The molecule has 2 N–H and O–H groups in total. The third-order valence-electron chi connectivity index (χ3n) is 3.46. The van der Waals surface area contributed by atoms with E-state index in [2.05, 4.69) is 0 Å². The van der Waals surface area contributed by atoms with Gasteiger partial charge in [0.2, 0.25) is 0 Å². The molecule has 1 aliphatic carbocycles. The molecule has 24 heavy (non-hydrogen) atoms. The van der Waals surface area contributed by atoms with Gasteiger partial charge >= 0.3 is 13.2 Å². The highest BCUT2D eigenvalue weighted by Crippen LogP contribution is 2.28. The summed E-state index contributed by atoms with van der Waals surface area (Å²) in [6.07, 6.45) is 1.46. The first-order valence-corrected chi connectivity index (χ1v) is 7.95. The van der Waals surface area contributed by atoms with Gasteiger partial charge in [0.05, 0.1) is 6.54 Å². The minimum atomic E-state index is -1.73. The number of nitrogens with zero attached hydrogens (tertiary/aromatic N) is 1. The van der Waals surface area contributed by atoms with Crippen molar-refractivity contribution in [3.63, 3.8) is 0 Å². The van der Waals surface area contributed by atoms with E-state index in [1.54, 1.807) is 25.7 Å². The first-order valence-electron chi connectivity index (χ1n) is 7.95. The topological polar surface area (TPSA) is 79.2 Å². The SMILES string of the molecule is CC(C)(C)OC(=O)N(CCOc1ccc(B(O)O)cc1F)C1CC1. The van der Waals surface area contributed by atoms with E-state index in [1.165, 1.54) is 12.1 Å². The number of hydrogen-bond acceptors (Lipinski definition) is 5. The van der Waals surface area contributed by atoms with Crippen LogP contribution in [0.2, 0.25) is 0 Å². The van der Waals surface area contributed by atoms with Crippen LogP contribution in [0.15, 0.2) is 18.2 Å². The number of carbonyl (C=O) groups is 1. The minimum Gasteiger partial charge on any atom is -0.489 e. The van der Waals surface area contributed by atoms with Gasteiger partial charge < -0.3 is 24.4 Å². The molecular formula is C16H23BFNO5. The Bertz CT molecular complexity index is 586. The molecule has 1 aromatic rings. The van der Waals surface area contributed by atoms with Crippen LogP contribution in [-0.4, -0.2) is 53.0 Å². The highest BCUT2D eigenvalue weighted by atomic mass is 19.1. The molecule has 0 atom stereocenters. The summed E-state index contributed by atoms with van der Waals surface area (Å²) >= 11 is 0. The lowest BCUT2D eigenvalue weighted by Gasteiger charge is -2.27. The predicted octanol–water partition coefficient (Wildman–Crippen LogP) is 1.28. The van der Waals surface area contributed by atoms with Crippen molar-refractivity contribution in [2.24, 2.45) is 0 Å². The molecule has 0 aromatic heterocycles. The minimum absolute atomic E-state index is 0.000615. The Balaban J connectivity index is 1.90. The summed E-state index contributed by atoms with van der Waals surface area (Å²) in [5.74, 6) is -0.685. The van der Waals surface area contributed by atoms with Crippen LogP contribution in [0.25, 0.3) is 0 Å². The van der Waals surface area contributed by atoms with Crippen molar-refractivity contribution in [1.82, 2.24) is 4.90 Å². The van der Waals surface area contributed by atoms with Gasteiger partial charge in [0, 0.05) is 6.04 Å². The summed E-state index contributed by atoms with van der Waals surface area (Å²) in [5, 5.41) is 18.0. The van der Waals surface area contributed by atoms with Gasteiger partial charge in [-0.2, -0.15) is 0 Å². The number of carbonyl (C=O) groups excluding carboxylic acids is 1. The lowest BCUT2D eigenvalue weighted by Crippen LogP contribution is -2.40. The van der Waals surface area contributed by atoms with E-state index in [4.69, 9.17) is 19.5 Å². The molecule has 1 aliphatic rings. The highest BCUT2D eigenvalue weighted by Gasteiger charge is 2.35. The van der Waals surface area contributed by atoms with E-state index in [9.17, 15) is 9.18 Å². The summed E-state index contributed by atoms with van der Waals surface area (Å²) in [6, 6.07) is 3.86. The van der Waals surface area contributed by atoms with Gasteiger partial charge in [-0.25, -0.2) is 9.18 Å². The van der Waals surface area contributed by atoms with Crippen LogP contribution in [0.3, 0.4) is 0 Å². The Morgan fingerprint density at radius 3 is 2.54 bits per heavy atom. The Morgan fingerprint density at radius 2 is 2.04 bits per heavy atom. The quantitative estimate of drug-likeness (QED) is 0.764. The zero-order valence-electron chi connectivity index (χ0n) is 14.2. The monoisotopic (exact) mass is 339 g/mol. The molecular weight excluding hydrogens is 316 g/mol. The third-order valence-corrected chi connectivity index (χ3v) is 3.46. The van der Waals surface area contributed by atoms with Crippen LogP contribution in [-0.2, 0) is 4.74 Å². The first-order chi connectivity index (χ1) is 11.2. The molecule has 0 saturated heterocycles. The molecule has 0 radical (unpaired) electrons. The van der Waals surface area contributed by atoms with Crippen molar-refractivity contribution in [1.29, 1.82) is 0 Å². The molecule has 1 amide bonds. The molecule has 1 saturated carbocycles. The maximum atomic E-state index is 13.8. The zero-order valence-corrected chi connectivity index (χ0v) is 14.2. The van der Waals surface area contributed by atoms with Gasteiger partial charge in [-0.05, 0) is 51.2 Å². The van der Waals surface area contributed by atoms with Crippen molar-refractivity contribution in [3.05, 3.63) is 24.0 Å². The normalized spacial score (nSPS) is 14.2. The van der Waals surface area contributed by atoms with Gasteiger partial charge in [0.1, 0.15) is 12.2 Å². The molecule has 0 bridgehead atoms. The molecule has 2 rings (SSSR count). The molecule has 0 heterocycles. The summed E-state index contributed by atoms with van der Waals surface area (Å²) in [5.41, 5.74) is -0.522. The number of hydrogen-bond donors (Lipinski definition) is 2. The third kappa shape index (κ3) is 5.38. The molecule has 6 nitrogen and oxygen atoms in total. The zero-order chi connectivity index (χ0) is 17.9. The largest absolute Gasteiger partial charge is 0.489 e.